The van der Waals surface area contributed by atoms with E-state index in [1.807, 2.05) is 0 Å². The smallest absolute Gasteiger partial charge is 0.217 e. The fourth-order valence-corrected chi connectivity index (χ4v) is 2.60. The zero-order valence-electron chi connectivity index (χ0n) is 11.6. The Morgan fingerprint density at radius 2 is 2.14 bits per heavy atom. The van der Waals surface area contributed by atoms with Gasteiger partial charge in [-0.25, -0.2) is 13.8 Å². The molecule has 0 unspecified atom stereocenters. The van der Waals surface area contributed by atoms with E-state index in [1.54, 1.807) is 19.4 Å². The van der Waals surface area contributed by atoms with Gasteiger partial charge in [0.1, 0.15) is 17.7 Å². The molecule has 0 N–H and O–H groups in total. The summed E-state index contributed by atoms with van der Waals surface area (Å²) in [6.07, 6.45) is 3.04. The van der Waals surface area contributed by atoms with Crippen LogP contribution in [0.2, 0.25) is 0 Å². The summed E-state index contributed by atoms with van der Waals surface area (Å²) >= 11 is 0. The van der Waals surface area contributed by atoms with Gasteiger partial charge in [0.15, 0.2) is 0 Å². The Morgan fingerprint density at radius 1 is 1.29 bits per heavy atom. The molecule has 0 fully saturated rings. The number of halogens is 2. The van der Waals surface area contributed by atoms with Gasteiger partial charge in [0, 0.05) is 30.5 Å². The molecule has 0 aliphatic carbocycles. The Balaban J connectivity index is 2.00. The maximum Gasteiger partial charge on any atom is 0.217 e. The largest absolute Gasteiger partial charge is 0.472 e. The van der Waals surface area contributed by atoms with Crippen molar-refractivity contribution in [1.82, 2.24) is 4.98 Å². The molecular formula is C16H15F2NO2. The first-order valence-electron chi connectivity index (χ1n) is 6.78. The predicted octanol–water partition coefficient (Wildman–Crippen LogP) is 3.37. The first kappa shape index (κ1) is 13.9. The number of methoxy groups -OCH3 is 1. The van der Waals surface area contributed by atoms with E-state index >= 15 is 0 Å². The average Bonchev–Trinajstić information content (AvgIpc) is 2.47. The van der Waals surface area contributed by atoms with Crippen molar-refractivity contribution in [3.63, 3.8) is 0 Å². The molecule has 1 aliphatic rings. The Hall–Kier alpha value is -2.01. The lowest BCUT2D eigenvalue weighted by Crippen LogP contribution is -2.28. The van der Waals surface area contributed by atoms with E-state index in [2.05, 4.69) is 4.98 Å². The molecule has 0 saturated heterocycles. The third-order valence-electron chi connectivity index (χ3n) is 3.58. The molecule has 0 spiro atoms. The van der Waals surface area contributed by atoms with Crippen molar-refractivity contribution >= 4 is 0 Å². The minimum atomic E-state index is -0.587. The van der Waals surface area contributed by atoms with Gasteiger partial charge in [-0.15, -0.1) is 0 Å². The number of rotatable bonds is 3. The van der Waals surface area contributed by atoms with Gasteiger partial charge in [0.05, 0.1) is 6.61 Å². The standard InChI is InChI=1S/C16H15F2NO2/c1-20-9-11-3-5-14-12(6-7-19-16(14)21-11)13-4-2-10(17)8-15(13)18/h2,4,6-8,11H,3,5,9H2,1H3/t11-/m0/s1. The van der Waals surface area contributed by atoms with Crippen LogP contribution in [0.1, 0.15) is 12.0 Å². The van der Waals surface area contributed by atoms with Crippen molar-refractivity contribution in [3.05, 3.63) is 47.7 Å². The van der Waals surface area contributed by atoms with Crippen LogP contribution in [0.5, 0.6) is 5.88 Å². The Kier molecular flexibility index (Phi) is 3.84. The molecule has 0 amide bonds. The minimum Gasteiger partial charge on any atom is -0.472 e. The van der Waals surface area contributed by atoms with Crippen molar-refractivity contribution in [2.24, 2.45) is 0 Å². The molecule has 2 aromatic rings. The van der Waals surface area contributed by atoms with E-state index in [0.717, 1.165) is 24.5 Å². The molecule has 3 rings (SSSR count). The molecule has 1 aliphatic heterocycles. The first-order chi connectivity index (χ1) is 10.2. The van der Waals surface area contributed by atoms with E-state index in [4.69, 9.17) is 9.47 Å². The SMILES string of the molecule is COC[C@@H]1CCc2c(-c3ccc(F)cc3F)ccnc2O1. The second-order valence-corrected chi connectivity index (χ2v) is 5.00. The summed E-state index contributed by atoms with van der Waals surface area (Å²) in [6, 6.07) is 5.32. The lowest BCUT2D eigenvalue weighted by Gasteiger charge is -2.26. The lowest BCUT2D eigenvalue weighted by atomic mass is 9.95. The van der Waals surface area contributed by atoms with Gasteiger partial charge >= 0.3 is 0 Å². The summed E-state index contributed by atoms with van der Waals surface area (Å²) in [5, 5.41) is 0. The summed E-state index contributed by atoms with van der Waals surface area (Å²) in [4.78, 5) is 4.21. The number of pyridine rings is 1. The van der Waals surface area contributed by atoms with Crippen molar-refractivity contribution in [2.75, 3.05) is 13.7 Å². The number of nitrogens with zero attached hydrogens (tertiary/aromatic N) is 1. The number of benzene rings is 1. The van der Waals surface area contributed by atoms with Gasteiger partial charge in [-0.05, 0) is 36.6 Å². The van der Waals surface area contributed by atoms with Gasteiger partial charge in [0.2, 0.25) is 5.88 Å². The number of ether oxygens (including phenoxy) is 2. The molecule has 1 aromatic carbocycles. The molecule has 0 radical (unpaired) electrons. The van der Waals surface area contributed by atoms with Crippen LogP contribution in [-0.2, 0) is 11.2 Å². The molecule has 5 heteroatoms. The van der Waals surface area contributed by atoms with E-state index in [0.29, 0.717) is 23.6 Å². The van der Waals surface area contributed by atoms with Crippen LogP contribution in [-0.4, -0.2) is 24.8 Å². The van der Waals surface area contributed by atoms with Gasteiger partial charge in [-0.2, -0.15) is 0 Å². The van der Waals surface area contributed by atoms with Crippen LogP contribution in [0.4, 0.5) is 8.78 Å². The summed E-state index contributed by atoms with van der Waals surface area (Å²) in [6.45, 7) is 0.496. The molecule has 110 valence electrons. The van der Waals surface area contributed by atoms with Gasteiger partial charge in [-0.3, -0.25) is 0 Å². The quantitative estimate of drug-likeness (QED) is 0.869. The second-order valence-electron chi connectivity index (χ2n) is 5.00. The van der Waals surface area contributed by atoms with Gasteiger partial charge < -0.3 is 9.47 Å². The molecular weight excluding hydrogens is 276 g/mol. The predicted molar refractivity (Wildman–Crippen MR) is 74.2 cm³/mol. The molecule has 0 saturated carbocycles. The molecule has 3 nitrogen and oxygen atoms in total. The fraction of sp³-hybridized carbons (Fsp3) is 0.312. The van der Waals surface area contributed by atoms with Crippen LogP contribution >= 0.6 is 0 Å². The topological polar surface area (TPSA) is 31.4 Å². The third kappa shape index (κ3) is 2.74. The molecule has 0 bridgehead atoms. The Labute approximate surface area is 121 Å². The highest BCUT2D eigenvalue weighted by molar-refractivity contribution is 5.69. The summed E-state index contributed by atoms with van der Waals surface area (Å²) in [5.74, 6) is -0.664. The monoisotopic (exact) mass is 291 g/mol. The average molecular weight is 291 g/mol. The normalized spacial score (nSPS) is 17.2. The maximum atomic E-state index is 14.0. The molecule has 1 aromatic heterocycles. The lowest BCUT2D eigenvalue weighted by molar-refractivity contribution is 0.0643. The third-order valence-corrected chi connectivity index (χ3v) is 3.58. The van der Waals surface area contributed by atoms with Crippen LogP contribution in [0.15, 0.2) is 30.5 Å². The van der Waals surface area contributed by atoms with E-state index in [-0.39, 0.29) is 6.10 Å². The van der Waals surface area contributed by atoms with Crippen molar-refractivity contribution < 1.29 is 18.3 Å². The Bertz CT molecular complexity index is 661. The first-order valence-corrected chi connectivity index (χ1v) is 6.78. The summed E-state index contributed by atoms with van der Waals surface area (Å²) in [7, 11) is 1.62. The van der Waals surface area contributed by atoms with Crippen LogP contribution < -0.4 is 4.74 Å². The number of hydrogen-bond donors (Lipinski definition) is 0. The van der Waals surface area contributed by atoms with E-state index in [1.165, 1.54) is 12.1 Å². The van der Waals surface area contributed by atoms with Gasteiger partial charge in [0.25, 0.3) is 0 Å². The van der Waals surface area contributed by atoms with Crippen LogP contribution in [0, 0.1) is 11.6 Å². The highest BCUT2D eigenvalue weighted by atomic mass is 19.1. The number of fused-ring (bicyclic) bond motifs is 1. The number of aromatic nitrogens is 1. The molecule has 2 heterocycles. The van der Waals surface area contributed by atoms with Crippen molar-refractivity contribution in [1.29, 1.82) is 0 Å². The van der Waals surface area contributed by atoms with Crippen LogP contribution in [0.25, 0.3) is 11.1 Å². The fourth-order valence-electron chi connectivity index (χ4n) is 2.60. The maximum absolute atomic E-state index is 14.0. The summed E-state index contributed by atoms with van der Waals surface area (Å²) < 4.78 is 37.9. The molecule has 21 heavy (non-hydrogen) atoms. The highest BCUT2D eigenvalue weighted by Crippen LogP contribution is 2.35. The second kappa shape index (κ2) is 5.77. The van der Waals surface area contributed by atoms with E-state index < -0.39 is 11.6 Å². The van der Waals surface area contributed by atoms with Crippen LogP contribution in [0.3, 0.4) is 0 Å². The molecule has 1 atom stereocenters. The number of hydrogen-bond acceptors (Lipinski definition) is 3. The zero-order chi connectivity index (χ0) is 14.8. The zero-order valence-corrected chi connectivity index (χ0v) is 11.6. The van der Waals surface area contributed by atoms with E-state index in [9.17, 15) is 8.78 Å². The van der Waals surface area contributed by atoms with Crippen molar-refractivity contribution in [3.8, 4) is 17.0 Å². The summed E-state index contributed by atoms with van der Waals surface area (Å²) in [5.41, 5.74) is 1.92. The highest BCUT2D eigenvalue weighted by Gasteiger charge is 2.24. The van der Waals surface area contributed by atoms with Crippen molar-refractivity contribution in [2.45, 2.75) is 18.9 Å². The Morgan fingerprint density at radius 3 is 2.90 bits per heavy atom. The van der Waals surface area contributed by atoms with Gasteiger partial charge in [-0.1, -0.05) is 0 Å². The minimum absolute atomic E-state index is 0.0386.